The van der Waals surface area contributed by atoms with Gasteiger partial charge in [-0.3, -0.25) is 0 Å². The highest BCUT2D eigenvalue weighted by Crippen LogP contribution is 2.32. The van der Waals surface area contributed by atoms with Gasteiger partial charge in [0.05, 0.1) is 4.90 Å². The van der Waals surface area contributed by atoms with E-state index in [0.29, 0.717) is 17.0 Å². The molecule has 0 aromatic heterocycles. The summed E-state index contributed by atoms with van der Waals surface area (Å²) < 4.78 is 22.9. The zero-order valence-corrected chi connectivity index (χ0v) is 13.1. The van der Waals surface area contributed by atoms with Crippen molar-refractivity contribution in [3.05, 3.63) is 18.2 Å². The van der Waals surface area contributed by atoms with Crippen LogP contribution in [0.15, 0.2) is 23.1 Å². The van der Waals surface area contributed by atoms with Crippen LogP contribution in [-0.4, -0.2) is 25.5 Å². The van der Waals surface area contributed by atoms with Crippen LogP contribution in [0.25, 0.3) is 0 Å². The molecule has 1 aromatic rings. The lowest BCUT2D eigenvalue weighted by atomic mass is 10.2. The van der Waals surface area contributed by atoms with Crippen LogP contribution in [0.2, 0.25) is 0 Å². The van der Waals surface area contributed by atoms with Crippen LogP contribution in [0.5, 0.6) is 0 Å². The number of anilines is 2. The van der Waals surface area contributed by atoms with Gasteiger partial charge in [0.25, 0.3) is 0 Å². The summed E-state index contributed by atoms with van der Waals surface area (Å²) in [4.78, 5) is 0.0534. The normalized spacial score (nSPS) is 22.9. The Morgan fingerprint density at radius 1 is 1.35 bits per heavy atom. The molecule has 1 aliphatic rings. The lowest BCUT2D eigenvalue weighted by Crippen LogP contribution is -2.26. The van der Waals surface area contributed by atoms with Gasteiger partial charge >= 0.3 is 0 Å². The second-order valence-corrected chi connectivity index (χ2v) is 8.09. The number of nitrogen functional groups attached to an aromatic ring is 1. The predicted octanol–water partition coefficient (Wildman–Crippen LogP) is 2.00. The van der Waals surface area contributed by atoms with E-state index >= 15 is 0 Å². The fourth-order valence-corrected chi connectivity index (χ4v) is 4.38. The Labute approximate surface area is 124 Å². The van der Waals surface area contributed by atoms with Crippen molar-refractivity contribution in [3.8, 4) is 0 Å². The Balaban J connectivity index is 2.19. The van der Waals surface area contributed by atoms with Crippen LogP contribution in [0.3, 0.4) is 0 Å². The minimum Gasteiger partial charge on any atom is -0.399 e. The maximum Gasteiger partial charge on any atom is 0.238 e. The second-order valence-electron chi connectivity index (χ2n) is 5.01. The minimum absolute atomic E-state index is 0.0534. The quantitative estimate of drug-likeness (QED) is 0.722. The van der Waals surface area contributed by atoms with Gasteiger partial charge in [0.1, 0.15) is 0 Å². The third-order valence-electron chi connectivity index (χ3n) is 3.44. The van der Waals surface area contributed by atoms with Crippen LogP contribution in [0, 0.1) is 0 Å². The molecule has 0 bridgehead atoms. The summed E-state index contributed by atoms with van der Waals surface area (Å²) in [5.74, 6) is 1.09. The molecule has 20 heavy (non-hydrogen) atoms. The van der Waals surface area contributed by atoms with Crippen molar-refractivity contribution >= 4 is 33.2 Å². The highest BCUT2D eigenvalue weighted by Gasteiger charge is 2.27. The highest BCUT2D eigenvalue weighted by molar-refractivity contribution is 7.99. The number of thioether (sulfide) groups is 1. The monoisotopic (exact) mass is 315 g/mol. The van der Waals surface area contributed by atoms with Gasteiger partial charge in [-0.2, -0.15) is 11.8 Å². The first-order valence-corrected chi connectivity index (χ1v) is 9.31. The highest BCUT2D eigenvalue weighted by atomic mass is 32.2. The zero-order chi connectivity index (χ0) is 14.8. The maximum absolute atomic E-state index is 11.4. The first-order chi connectivity index (χ1) is 9.40. The van der Waals surface area contributed by atoms with Crippen molar-refractivity contribution in [1.82, 2.24) is 0 Å². The molecular weight excluding hydrogens is 294 g/mol. The topological polar surface area (TPSA) is 98.2 Å². The molecule has 5 nitrogen and oxygen atoms in total. The number of nitrogens with two attached hydrogens (primary N) is 2. The number of nitrogens with one attached hydrogen (secondary N) is 1. The molecule has 2 atom stereocenters. The summed E-state index contributed by atoms with van der Waals surface area (Å²) in [6.45, 7) is 2.15. The third-order valence-corrected chi connectivity index (χ3v) is 5.66. The van der Waals surface area contributed by atoms with Gasteiger partial charge in [-0.05, 0) is 36.8 Å². The van der Waals surface area contributed by atoms with Gasteiger partial charge in [0.2, 0.25) is 10.0 Å². The Hall–Kier alpha value is -0.920. The summed E-state index contributed by atoms with van der Waals surface area (Å²) in [6, 6.07) is 5.04. The average Bonchev–Trinajstić information content (AvgIpc) is 2.75. The van der Waals surface area contributed by atoms with Gasteiger partial charge in [0, 0.05) is 22.7 Å². The number of rotatable bonds is 5. The van der Waals surface area contributed by atoms with E-state index in [0.717, 1.165) is 17.9 Å². The molecule has 0 aliphatic heterocycles. The van der Waals surface area contributed by atoms with E-state index in [1.807, 2.05) is 11.8 Å². The van der Waals surface area contributed by atoms with Gasteiger partial charge in [-0.15, -0.1) is 0 Å². The fourth-order valence-electron chi connectivity index (χ4n) is 2.59. The van der Waals surface area contributed by atoms with Gasteiger partial charge < -0.3 is 11.1 Å². The third kappa shape index (κ3) is 3.80. The van der Waals surface area contributed by atoms with Crippen molar-refractivity contribution in [2.24, 2.45) is 5.14 Å². The van der Waals surface area contributed by atoms with Crippen LogP contribution < -0.4 is 16.2 Å². The predicted molar refractivity (Wildman–Crippen MR) is 85.4 cm³/mol. The number of hydrogen-bond donors (Lipinski definition) is 3. The summed E-state index contributed by atoms with van der Waals surface area (Å²) in [7, 11) is -3.73. The molecule has 0 spiro atoms. The molecule has 0 saturated heterocycles. The van der Waals surface area contributed by atoms with Crippen LogP contribution in [0.4, 0.5) is 11.4 Å². The molecule has 5 N–H and O–H groups in total. The fraction of sp³-hybridized carbons (Fsp3) is 0.538. The maximum atomic E-state index is 11.4. The Morgan fingerprint density at radius 3 is 2.75 bits per heavy atom. The largest absolute Gasteiger partial charge is 0.399 e. The molecule has 0 heterocycles. The molecule has 0 radical (unpaired) electrons. The minimum atomic E-state index is -3.73. The molecule has 1 aliphatic carbocycles. The number of sulfonamides is 1. The molecule has 112 valence electrons. The molecule has 1 fully saturated rings. The number of benzene rings is 1. The Morgan fingerprint density at radius 2 is 2.10 bits per heavy atom. The molecule has 0 amide bonds. The van der Waals surface area contributed by atoms with Crippen LogP contribution >= 0.6 is 11.8 Å². The summed E-state index contributed by atoms with van der Waals surface area (Å²) in [5, 5.41) is 9.14. The molecular formula is C13H21N3O2S2. The summed E-state index contributed by atoms with van der Waals surface area (Å²) in [5.41, 5.74) is 6.88. The summed E-state index contributed by atoms with van der Waals surface area (Å²) >= 11 is 1.94. The van der Waals surface area contributed by atoms with Crippen LogP contribution in [0.1, 0.15) is 26.2 Å². The molecule has 1 saturated carbocycles. The molecule has 1 aromatic carbocycles. The first kappa shape index (κ1) is 15.5. The lowest BCUT2D eigenvalue weighted by molar-refractivity contribution is 0.598. The van der Waals surface area contributed by atoms with E-state index in [4.69, 9.17) is 10.9 Å². The zero-order valence-electron chi connectivity index (χ0n) is 11.5. The van der Waals surface area contributed by atoms with Crippen molar-refractivity contribution in [1.29, 1.82) is 0 Å². The van der Waals surface area contributed by atoms with E-state index < -0.39 is 10.0 Å². The smallest absolute Gasteiger partial charge is 0.238 e. The standard InChI is InChI=1S/C13H21N3O2S2/c1-2-19-13-5-3-4-12(13)16-10-6-9(14)7-11(8-10)20(15,17)18/h6-8,12-13,16H,2-5,14H2,1H3,(H2,15,17,18). The Kier molecular flexibility index (Phi) is 4.82. The number of hydrogen-bond acceptors (Lipinski definition) is 5. The van der Waals surface area contributed by atoms with E-state index in [1.165, 1.54) is 18.9 Å². The van der Waals surface area contributed by atoms with E-state index in [2.05, 4.69) is 12.2 Å². The van der Waals surface area contributed by atoms with Crippen molar-refractivity contribution in [3.63, 3.8) is 0 Å². The van der Waals surface area contributed by atoms with Gasteiger partial charge in [-0.25, -0.2) is 13.6 Å². The van der Waals surface area contributed by atoms with E-state index in [-0.39, 0.29) is 4.90 Å². The Bertz CT molecular complexity index is 575. The van der Waals surface area contributed by atoms with Gasteiger partial charge in [-0.1, -0.05) is 13.3 Å². The van der Waals surface area contributed by atoms with E-state index in [1.54, 1.807) is 12.1 Å². The summed E-state index contributed by atoms with van der Waals surface area (Å²) in [6.07, 6.45) is 3.48. The van der Waals surface area contributed by atoms with Crippen LogP contribution in [-0.2, 0) is 10.0 Å². The number of primary sulfonamides is 1. The van der Waals surface area contributed by atoms with Crippen molar-refractivity contribution in [2.75, 3.05) is 16.8 Å². The van der Waals surface area contributed by atoms with Crippen molar-refractivity contribution in [2.45, 2.75) is 42.4 Å². The molecule has 2 unspecified atom stereocenters. The SMILES string of the molecule is CCSC1CCCC1Nc1cc(N)cc(S(N)(=O)=O)c1. The average molecular weight is 315 g/mol. The van der Waals surface area contributed by atoms with Crippen molar-refractivity contribution < 1.29 is 8.42 Å². The van der Waals surface area contributed by atoms with Gasteiger partial charge in [0.15, 0.2) is 0 Å². The second kappa shape index (κ2) is 6.24. The first-order valence-electron chi connectivity index (χ1n) is 6.71. The van der Waals surface area contributed by atoms with E-state index in [9.17, 15) is 8.42 Å². The molecule has 2 rings (SSSR count). The molecule has 7 heteroatoms. The lowest BCUT2D eigenvalue weighted by Gasteiger charge is -2.21.